The zero-order valence-corrected chi connectivity index (χ0v) is 16.3. The lowest BCUT2D eigenvalue weighted by Crippen LogP contribution is -2.51. The lowest BCUT2D eigenvalue weighted by atomic mass is 10.3. The van der Waals surface area contributed by atoms with Gasteiger partial charge < -0.3 is 15.0 Å². The molecule has 0 aliphatic carbocycles. The van der Waals surface area contributed by atoms with Gasteiger partial charge in [-0.2, -0.15) is 0 Å². The minimum atomic E-state index is -0.171. The van der Waals surface area contributed by atoms with Gasteiger partial charge in [-0.25, -0.2) is 4.98 Å². The molecule has 0 bridgehead atoms. The molecule has 0 radical (unpaired) electrons. The Kier molecular flexibility index (Phi) is 7.69. The molecule has 2 fully saturated rings. The average Bonchev–Trinajstić information content (AvgIpc) is 2.68. The third-order valence-corrected chi connectivity index (χ3v) is 5.92. The van der Waals surface area contributed by atoms with Gasteiger partial charge in [0, 0.05) is 52.0 Å². The number of carbonyl (C=O) groups is 1. The van der Waals surface area contributed by atoms with E-state index in [1.807, 2.05) is 18.2 Å². The Bertz CT molecular complexity index is 548. The number of amides is 1. The van der Waals surface area contributed by atoms with Crippen LogP contribution >= 0.6 is 11.8 Å². The largest absolute Gasteiger partial charge is 0.379 e. The van der Waals surface area contributed by atoms with Crippen LogP contribution in [0.3, 0.4) is 0 Å². The number of hydrogen-bond acceptors (Lipinski definition) is 7. The molecule has 0 spiro atoms. The van der Waals surface area contributed by atoms with Crippen molar-refractivity contribution >= 4 is 17.7 Å². The normalized spacial score (nSPS) is 21.4. The summed E-state index contributed by atoms with van der Waals surface area (Å²) in [5.74, 6) is 0.0890. The third kappa shape index (κ3) is 6.21. The number of ether oxygens (including phenoxy) is 1. The lowest BCUT2D eigenvalue weighted by Gasteiger charge is -2.33. The standard InChI is InChI=1S/C18H29N5O2S/c1-21-6-8-23(9-7-21)15-20-18(24)16(14-22-10-12-25-13-11-22)26-17-4-2-3-5-19-17/h2-5,16H,6-15H2,1H3,(H,20,24). The molecule has 1 atom stereocenters. The quantitative estimate of drug-likeness (QED) is 0.679. The van der Waals surface area contributed by atoms with Crippen LogP contribution in [0.5, 0.6) is 0 Å². The second-order valence-electron chi connectivity index (χ2n) is 6.81. The van der Waals surface area contributed by atoms with Crippen LogP contribution in [0.1, 0.15) is 0 Å². The molecule has 1 aromatic heterocycles. The molecule has 3 rings (SSSR count). The average molecular weight is 380 g/mol. The van der Waals surface area contributed by atoms with E-state index in [0.717, 1.165) is 64.1 Å². The summed E-state index contributed by atoms with van der Waals surface area (Å²) in [6.07, 6.45) is 1.77. The monoisotopic (exact) mass is 379 g/mol. The fourth-order valence-corrected chi connectivity index (χ4v) is 4.11. The molecule has 7 nitrogen and oxygen atoms in total. The molecular formula is C18H29N5O2S. The predicted octanol–water partition coefficient (Wildman–Crippen LogP) is 0.196. The van der Waals surface area contributed by atoms with Crippen LogP contribution in [-0.2, 0) is 9.53 Å². The van der Waals surface area contributed by atoms with Crippen LogP contribution < -0.4 is 5.32 Å². The highest BCUT2D eigenvalue weighted by atomic mass is 32.2. The Hall–Kier alpha value is -1.19. The first-order chi connectivity index (χ1) is 12.7. The topological polar surface area (TPSA) is 60.9 Å². The summed E-state index contributed by atoms with van der Waals surface area (Å²) in [5, 5.41) is 3.86. The van der Waals surface area contributed by atoms with Crippen LogP contribution in [0.4, 0.5) is 0 Å². The van der Waals surface area contributed by atoms with Gasteiger partial charge in [0.15, 0.2) is 0 Å². The number of pyridine rings is 1. The van der Waals surface area contributed by atoms with Crippen molar-refractivity contribution in [3.05, 3.63) is 24.4 Å². The molecule has 0 aromatic carbocycles. The van der Waals surface area contributed by atoms with E-state index in [1.54, 1.807) is 18.0 Å². The molecule has 8 heteroatoms. The van der Waals surface area contributed by atoms with E-state index < -0.39 is 0 Å². The van der Waals surface area contributed by atoms with Gasteiger partial charge in [0.25, 0.3) is 0 Å². The molecule has 26 heavy (non-hydrogen) atoms. The van der Waals surface area contributed by atoms with Gasteiger partial charge in [-0.3, -0.25) is 14.6 Å². The number of morpholine rings is 1. The fourth-order valence-electron chi connectivity index (χ4n) is 3.06. The van der Waals surface area contributed by atoms with Crippen molar-refractivity contribution in [1.29, 1.82) is 0 Å². The van der Waals surface area contributed by atoms with Crippen molar-refractivity contribution < 1.29 is 9.53 Å². The van der Waals surface area contributed by atoms with Crippen molar-refractivity contribution in [3.8, 4) is 0 Å². The minimum absolute atomic E-state index is 0.0890. The number of thioether (sulfide) groups is 1. The van der Waals surface area contributed by atoms with E-state index in [-0.39, 0.29) is 11.2 Å². The summed E-state index contributed by atoms with van der Waals surface area (Å²) < 4.78 is 5.42. The van der Waals surface area contributed by atoms with E-state index >= 15 is 0 Å². The number of carbonyl (C=O) groups excluding carboxylic acids is 1. The van der Waals surface area contributed by atoms with Gasteiger partial charge >= 0.3 is 0 Å². The van der Waals surface area contributed by atoms with Crippen LogP contribution in [0, 0.1) is 0 Å². The Morgan fingerprint density at radius 1 is 1.19 bits per heavy atom. The number of nitrogens with one attached hydrogen (secondary N) is 1. The van der Waals surface area contributed by atoms with Gasteiger partial charge in [-0.15, -0.1) is 0 Å². The first kappa shape index (κ1) is 19.6. The number of rotatable bonds is 7. The minimum Gasteiger partial charge on any atom is -0.379 e. The lowest BCUT2D eigenvalue weighted by molar-refractivity contribution is -0.121. The fraction of sp³-hybridized carbons (Fsp3) is 0.667. The molecule has 0 saturated carbocycles. The van der Waals surface area contributed by atoms with Gasteiger partial charge in [0.1, 0.15) is 5.25 Å². The predicted molar refractivity (Wildman–Crippen MR) is 103 cm³/mol. The number of hydrogen-bond donors (Lipinski definition) is 1. The van der Waals surface area contributed by atoms with Crippen molar-refractivity contribution in [1.82, 2.24) is 25.0 Å². The Morgan fingerprint density at radius 3 is 2.65 bits per heavy atom. The van der Waals surface area contributed by atoms with Crippen LogP contribution in [0.15, 0.2) is 29.4 Å². The Labute approximate surface area is 160 Å². The van der Waals surface area contributed by atoms with E-state index in [2.05, 4.69) is 32.0 Å². The van der Waals surface area contributed by atoms with Crippen LogP contribution in [0.2, 0.25) is 0 Å². The van der Waals surface area contributed by atoms with Crippen LogP contribution in [-0.4, -0.2) is 104 Å². The van der Waals surface area contributed by atoms with Gasteiger partial charge in [0.2, 0.25) is 5.91 Å². The van der Waals surface area contributed by atoms with E-state index in [4.69, 9.17) is 4.74 Å². The first-order valence-electron chi connectivity index (χ1n) is 9.27. The summed E-state index contributed by atoms with van der Waals surface area (Å²) in [6, 6.07) is 5.82. The Morgan fingerprint density at radius 2 is 1.96 bits per heavy atom. The van der Waals surface area contributed by atoms with E-state index in [1.165, 1.54) is 0 Å². The third-order valence-electron chi connectivity index (χ3n) is 4.79. The van der Waals surface area contributed by atoms with Crippen molar-refractivity contribution in [3.63, 3.8) is 0 Å². The van der Waals surface area contributed by atoms with Crippen LogP contribution in [0.25, 0.3) is 0 Å². The maximum Gasteiger partial charge on any atom is 0.235 e. The molecule has 2 aliphatic rings. The SMILES string of the molecule is CN1CCN(CNC(=O)C(CN2CCOCC2)Sc2ccccn2)CC1. The molecule has 2 saturated heterocycles. The second kappa shape index (κ2) is 10.2. The summed E-state index contributed by atoms with van der Waals surface area (Å²) in [7, 11) is 2.14. The summed E-state index contributed by atoms with van der Waals surface area (Å²) in [6.45, 7) is 8.68. The number of likely N-dealkylation sites (N-methyl/N-ethyl adjacent to an activating group) is 1. The molecule has 2 aliphatic heterocycles. The molecule has 1 aromatic rings. The molecule has 3 heterocycles. The highest BCUT2D eigenvalue weighted by molar-refractivity contribution is 8.00. The van der Waals surface area contributed by atoms with Gasteiger partial charge in [0.05, 0.1) is 24.9 Å². The zero-order valence-electron chi connectivity index (χ0n) is 15.5. The molecule has 1 N–H and O–H groups in total. The summed E-state index contributed by atoms with van der Waals surface area (Å²) in [5.41, 5.74) is 0. The molecule has 1 amide bonds. The maximum atomic E-state index is 12.9. The van der Waals surface area contributed by atoms with Crippen molar-refractivity contribution in [2.45, 2.75) is 10.3 Å². The highest BCUT2D eigenvalue weighted by Crippen LogP contribution is 2.22. The maximum absolute atomic E-state index is 12.9. The summed E-state index contributed by atoms with van der Waals surface area (Å²) >= 11 is 1.55. The zero-order chi connectivity index (χ0) is 18.2. The molecule has 1 unspecified atom stereocenters. The number of nitrogens with zero attached hydrogens (tertiary/aromatic N) is 4. The summed E-state index contributed by atoms with van der Waals surface area (Å²) in [4.78, 5) is 24.2. The smallest absolute Gasteiger partial charge is 0.235 e. The number of piperazine rings is 1. The number of aromatic nitrogens is 1. The Balaban J connectivity index is 1.55. The second-order valence-corrected chi connectivity index (χ2v) is 8.03. The van der Waals surface area contributed by atoms with E-state index in [0.29, 0.717) is 6.67 Å². The highest BCUT2D eigenvalue weighted by Gasteiger charge is 2.25. The molecular weight excluding hydrogens is 350 g/mol. The van der Waals surface area contributed by atoms with E-state index in [9.17, 15) is 4.79 Å². The van der Waals surface area contributed by atoms with Gasteiger partial charge in [-0.05, 0) is 19.2 Å². The van der Waals surface area contributed by atoms with Crippen molar-refractivity contribution in [2.24, 2.45) is 0 Å². The molecule has 144 valence electrons. The van der Waals surface area contributed by atoms with Gasteiger partial charge in [-0.1, -0.05) is 17.8 Å². The first-order valence-corrected chi connectivity index (χ1v) is 10.1. The van der Waals surface area contributed by atoms with Crippen molar-refractivity contribution in [2.75, 3.05) is 72.7 Å².